The third-order valence-corrected chi connectivity index (χ3v) is 6.04. The summed E-state index contributed by atoms with van der Waals surface area (Å²) >= 11 is 1.77. The van der Waals surface area contributed by atoms with E-state index in [2.05, 4.69) is 23.1 Å². The molecule has 25 heavy (non-hydrogen) atoms. The van der Waals surface area contributed by atoms with Gasteiger partial charge in [-0.25, -0.2) is 4.98 Å². The van der Waals surface area contributed by atoms with Crippen LogP contribution in [0.25, 0.3) is 10.2 Å². The molecule has 0 bridgehead atoms. The molecule has 0 amide bonds. The number of benzene rings is 2. The molecule has 6 heteroatoms. The van der Waals surface area contributed by atoms with Gasteiger partial charge in [0.2, 0.25) is 6.79 Å². The number of aromatic hydroxyl groups is 1. The van der Waals surface area contributed by atoms with Gasteiger partial charge in [0, 0.05) is 18.2 Å². The number of nitrogens with zero attached hydrogens (tertiary/aromatic N) is 2. The van der Waals surface area contributed by atoms with Gasteiger partial charge in [-0.1, -0.05) is 12.1 Å². The lowest BCUT2D eigenvalue weighted by Gasteiger charge is -2.23. The van der Waals surface area contributed by atoms with E-state index in [1.54, 1.807) is 17.4 Å². The Morgan fingerprint density at radius 2 is 2.04 bits per heavy atom. The van der Waals surface area contributed by atoms with Crippen LogP contribution in [0.1, 0.15) is 29.5 Å². The zero-order valence-electron chi connectivity index (χ0n) is 13.6. The third-order valence-electron chi connectivity index (χ3n) is 4.91. The average Bonchev–Trinajstić information content (AvgIpc) is 3.33. The van der Waals surface area contributed by atoms with Crippen LogP contribution in [-0.4, -0.2) is 28.3 Å². The number of ether oxygens (including phenoxy) is 2. The van der Waals surface area contributed by atoms with Crippen LogP contribution in [0.15, 0.2) is 36.4 Å². The summed E-state index contributed by atoms with van der Waals surface area (Å²) in [6.45, 7) is 1.91. The average molecular weight is 354 g/mol. The van der Waals surface area contributed by atoms with Crippen LogP contribution in [0.3, 0.4) is 0 Å². The lowest BCUT2D eigenvalue weighted by atomic mass is 10.1. The van der Waals surface area contributed by atoms with Gasteiger partial charge in [0.15, 0.2) is 11.5 Å². The minimum atomic E-state index is 0.219. The molecule has 128 valence electrons. The Morgan fingerprint density at radius 3 is 2.92 bits per heavy atom. The number of phenolic OH excluding ortho intramolecular Hbond substituents is 1. The molecule has 2 aliphatic heterocycles. The molecule has 1 atom stereocenters. The lowest BCUT2D eigenvalue weighted by molar-refractivity contribution is 0.173. The molecule has 5 nitrogen and oxygen atoms in total. The zero-order valence-corrected chi connectivity index (χ0v) is 14.5. The molecule has 0 saturated carbocycles. The van der Waals surface area contributed by atoms with E-state index in [0.29, 0.717) is 24.1 Å². The number of fused-ring (bicyclic) bond motifs is 2. The van der Waals surface area contributed by atoms with Crippen molar-refractivity contribution in [1.29, 1.82) is 0 Å². The van der Waals surface area contributed by atoms with Gasteiger partial charge < -0.3 is 14.6 Å². The fraction of sp³-hybridized carbons (Fsp3) is 0.316. The topological polar surface area (TPSA) is 54.8 Å². The van der Waals surface area contributed by atoms with Crippen molar-refractivity contribution < 1.29 is 14.6 Å². The smallest absolute Gasteiger partial charge is 0.231 e. The highest BCUT2D eigenvalue weighted by molar-refractivity contribution is 7.18. The van der Waals surface area contributed by atoms with Crippen molar-refractivity contribution in [2.24, 2.45) is 0 Å². The van der Waals surface area contributed by atoms with Crippen molar-refractivity contribution in [2.45, 2.75) is 25.4 Å². The summed E-state index contributed by atoms with van der Waals surface area (Å²) in [4.78, 5) is 7.23. The maximum Gasteiger partial charge on any atom is 0.231 e. The Bertz CT molecular complexity index is 907. The van der Waals surface area contributed by atoms with Gasteiger partial charge in [-0.05, 0) is 37.6 Å². The number of thiazole rings is 1. The van der Waals surface area contributed by atoms with E-state index in [-0.39, 0.29) is 12.5 Å². The first-order chi connectivity index (χ1) is 12.3. The first kappa shape index (κ1) is 15.0. The highest BCUT2D eigenvalue weighted by Crippen LogP contribution is 2.41. The van der Waals surface area contributed by atoms with Gasteiger partial charge in [0.25, 0.3) is 0 Å². The number of hydrogen-bond acceptors (Lipinski definition) is 6. The zero-order chi connectivity index (χ0) is 16.8. The molecular formula is C19H18N2O3S. The monoisotopic (exact) mass is 354 g/mol. The van der Waals surface area contributed by atoms with Crippen LogP contribution in [-0.2, 0) is 6.54 Å². The van der Waals surface area contributed by atoms with Crippen LogP contribution < -0.4 is 9.47 Å². The van der Waals surface area contributed by atoms with Gasteiger partial charge in [0.05, 0.1) is 16.3 Å². The molecule has 3 aromatic rings. The minimum absolute atomic E-state index is 0.219. The molecule has 0 spiro atoms. The Balaban J connectivity index is 1.43. The summed E-state index contributed by atoms with van der Waals surface area (Å²) in [5, 5.41) is 11.5. The van der Waals surface area contributed by atoms with Crippen molar-refractivity contribution in [3.63, 3.8) is 0 Å². The predicted molar refractivity (Wildman–Crippen MR) is 96.2 cm³/mol. The van der Waals surface area contributed by atoms with E-state index in [1.807, 2.05) is 12.1 Å². The van der Waals surface area contributed by atoms with Crippen molar-refractivity contribution >= 4 is 21.6 Å². The van der Waals surface area contributed by atoms with E-state index >= 15 is 0 Å². The molecule has 2 aromatic carbocycles. The molecule has 3 heterocycles. The highest BCUT2D eigenvalue weighted by Gasteiger charge is 2.30. The molecule has 2 aliphatic rings. The van der Waals surface area contributed by atoms with E-state index in [4.69, 9.17) is 14.5 Å². The standard InChI is InChI=1S/C19H18N2O3S/c22-15-9-17-16(23-11-24-17)8-12(15)10-21-7-3-5-14(21)19-20-13-4-1-2-6-18(13)25-19/h1-2,4,6,8-9,14,22H,3,5,7,10-11H2. The number of rotatable bonds is 3. The summed E-state index contributed by atoms with van der Waals surface area (Å²) < 4.78 is 12.0. The second kappa shape index (κ2) is 5.89. The van der Waals surface area contributed by atoms with Crippen LogP contribution >= 0.6 is 11.3 Å². The van der Waals surface area contributed by atoms with E-state index < -0.39 is 0 Å². The number of hydrogen-bond donors (Lipinski definition) is 1. The summed E-state index contributed by atoms with van der Waals surface area (Å²) in [5.41, 5.74) is 1.94. The summed E-state index contributed by atoms with van der Waals surface area (Å²) in [5.74, 6) is 1.59. The number of likely N-dealkylation sites (tertiary alicyclic amines) is 1. The van der Waals surface area contributed by atoms with Gasteiger partial charge in [-0.3, -0.25) is 4.90 Å². The molecule has 1 unspecified atom stereocenters. The fourth-order valence-corrected chi connectivity index (χ4v) is 4.78. The van der Waals surface area contributed by atoms with Crippen LogP contribution in [0, 0.1) is 0 Å². The maximum absolute atomic E-state index is 10.3. The van der Waals surface area contributed by atoms with Crippen molar-refractivity contribution in [2.75, 3.05) is 13.3 Å². The number of phenols is 1. The molecule has 5 rings (SSSR count). The minimum Gasteiger partial charge on any atom is -0.507 e. The molecular weight excluding hydrogens is 336 g/mol. The number of para-hydroxylation sites is 1. The van der Waals surface area contributed by atoms with Gasteiger partial charge in [-0.15, -0.1) is 11.3 Å². The van der Waals surface area contributed by atoms with E-state index in [9.17, 15) is 5.11 Å². The highest BCUT2D eigenvalue weighted by atomic mass is 32.1. The first-order valence-corrected chi connectivity index (χ1v) is 9.30. The van der Waals surface area contributed by atoms with Gasteiger partial charge >= 0.3 is 0 Å². The molecule has 1 N–H and O–H groups in total. The largest absolute Gasteiger partial charge is 0.507 e. The van der Waals surface area contributed by atoms with Crippen LogP contribution in [0.5, 0.6) is 17.2 Å². The predicted octanol–water partition coefficient (Wildman–Crippen LogP) is 4.07. The van der Waals surface area contributed by atoms with Gasteiger partial charge in [-0.2, -0.15) is 0 Å². The quantitative estimate of drug-likeness (QED) is 0.768. The van der Waals surface area contributed by atoms with Gasteiger partial charge in [0.1, 0.15) is 10.8 Å². The number of aromatic nitrogens is 1. The Morgan fingerprint density at radius 1 is 1.20 bits per heavy atom. The molecule has 1 saturated heterocycles. The maximum atomic E-state index is 10.3. The van der Waals surface area contributed by atoms with E-state index in [1.165, 1.54) is 9.71 Å². The first-order valence-electron chi connectivity index (χ1n) is 8.49. The fourth-order valence-electron chi connectivity index (χ4n) is 3.65. The Hall–Kier alpha value is -2.31. The SMILES string of the molecule is Oc1cc2c(cc1CN1CCCC1c1nc3ccccc3s1)OCO2. The summed E-state index contributed by atoms with van der Waals surface area (Å²) in [6, 6.07) is 12.1. The van der Waals surface area contributed by atoms with Crippen LogP contribution in [0.4, 0.5) is 0 Å². The molecule has 1 aromatic heterocycles. The van der Waals surface area contributed by atoms with Crippen molar-refractivity contribution in [1.82, 2.24) is 9.88 Å². The summed E-state index contributed by atoms with van der Waals surface area (Å²) in [6.07, 6.45) is 2.25. The third kappa shape index (κ3) is 2.62. The van der Waals surface area contributed by atoms with Crippen molar-refractivity contribution in [3.8, 4) is 17.2 Å². The second-order valence-corrected chi connectivity index (χ2v) is 7.54. The second-order valence-electron chi connectivity index (χ2n) is 6.48. The van der Waals surface area contributed by atoms with E-state index in [0.717, 1.165) is 30.5 Å². The lowest BCUT2D eigenvalue weighted by Crippen LogP contribution is -2.22. The normalized spacial score (nSPS) is 19.8. The Labute approximate surface area is 149 Å². The van der Waals surface area contributed by atoms with Crippen LogP contribution in [0.2, 0.25) is 0 Å². The van der Waals surface area contributed by atoms with Crippen molar-refractivity contribution in [3.05, 3.63) is 47.0 Å². The molecule has 1 fully saturated rings. The molecule has 0 radical (unpaired) electrons. The summed E-state index contributed by atoms with van der Waals surface area (Å²) in [7, 11) is 0. The Kier molecular flexibility index (Phi) is 3.53. The molecule has 0 aliphatic carbocycles.